The van der Waals surface area contributed by atoms with Gasteiger partial charge in [0.2, 0.25) is 0 Å². The van der Waals surface area contributed by atoms with E-state index in [2.05, 4.69) is 0 Å². The van der Waals surface area contributed by atoms with Crippen LogP contribution in [0, 0.1) is 12.3 Å². The average Bonchev–Trinajstić information content (AvgIpc) is 2.27. The second-order valence-electron chi connectivity index (χ2n) is 4.25. The third kappa shape index (κ3) is 2.88. The molecule has 0 aliphatic heterocycles. The van der Waals surface area contributed by atoms with Gasteiger partial charge in [-0.25, -0.2) is 4.79 Å². The molecule has 0 amide bonds. The Balaban J connectivity index is 3.45. The zero-order chi connectivity index (χ0) is 13.2. The number of aryl methyl sites for hydroxylation is 1. The summed E-state index contributed by atoms with van der Waals surface area (Å²) in [4.78, 5) is 11.2. The Morgan fingerprint density at radius 3 is 2.35 bits per heavy atom. The molecule has 1 rings (SSSR count). The topological polar surface area (TPSA) is 61.2 Å². The first-order valence-corrected chi connectivity index (χ1v) is 6.61. The van der Waals surface area contributed by atoms with Crippen LogP contribution in [-0.2, 0) is 0 Å². The normalized spacial score (nSPS) is 10.6. The van der Waals surface area contributed by atoms with Gasteiger partial charge >= 0.3 is 5.97 Å². The molecule has 4 heteroatoms. The molecule has 1 aromatic rings. The monoisotopic (exact) mass is 251 g/mol. The van der Waals surface area contributed by atoms with Crippen molar-refractivity contribution in [1.82, 2.24) is 0 Å². The zero-order valence-electron chi connectivity index (χ0n) is 10.5. The Morgan fingerprint density at radius 1 is 1.35 bits per heavy atom. The Morgan fingerprint density at radius 2 is 1.94 bits per heavy atom. The van der Waals surface area contributed by atoms with Crippen molar-refractivity contribution >= 4 is 22.8 Å². The lowest BCUT2D eigenvalue weighted by Crippen LogP contribution is -2.08. The van der Waals surface area contributed by atoms with Crippen molar-refractivity contribution in [3.05, 3.63) is 34.4 Å². The Kier molecular flexibility index (Phi) is 4.34. The van der Waals surface area contributed by atoms with Crippen molar-refractivity contribution in [2.24, 2.45) is 0 Å². The van der Waals surface area contributed by atoms with Crippen LogP contribution in [0.25, 0.3) is 0 Å². The minimum atomic E-state index is -0.927. The maximum atomic E-state index is 11.2. The van der Waals surface area contributed by atoms with Crippen LogP contribution in [0.4, 0.5) is 0 Å². The maximum absolute atomic E-state index is 11.2. The molecule has 0 saturated heterocycles. The van der Waals surface area contributed by atoms with Crippen molar-refractivity contribution in [3.8, 4) is 0 Å². The first-order chi connectivity index (χ1) is 7.88. The molecule has 0 heterocycles. The molecule has 0 fully saturated rings. The molecule has 0 aliphatic rings. The molecule has 0 radical (unpaired) electrons. The van der Waals surface area contributed by atoms with Crippen LogP contribution in [0.1, 0.15) is 46.8 Å². The third-order valence-corrected chi connectivity index (χ3v) is 3.33. The predicted octanol–water partition coefficient (Wildman–Crippen LogP) is 3.50. The SMILES string of the molecule is CSC(=N)c1cc(C(=O)O)c(C(C)C)cc1C. The van der Waals surface area contributed by atoms with E-state index in [0.717, 1.165) is 11.1 Å². The second-order valence-corrected chi connectivity index (χ2v) is 5.06. The van der Waals surface area contributed by atoms with Gasteiger partial charge in [-0.15, -0.1) is 11.8 Å². The van der Waals surface area contributed by atoms with Gasteiger partial charge in [-0.2, -0.15) is 0 Å². The number of aromatic carboxylic acids is 1. The minimum Gasteiger partial charge on any atom is -0.478 e. The number of carbonyl (C=O) groups is 1. The van der Waals surface area contributed by atoms with Crippen molar-refractivity contribution < 1.29 is 9.90 Å². The van der Waals surface area contributed by atoms with E-state index in [-0.39, 0.29) is 5.92 Å². The second kappa shape index (κ2) is 5.36. The average molecular weight is 251 g/mol. The number of carboxylic acids is 1. The first-order valence-electron chi connectivity index (χ1n) is 5.39. The molecule has 1 aromatic carbocycles. The number of hydrogen-bond acceptors (Lipinski definition) is 3. The highest BCUT2D eigenvalue weighted by Gasteiger charge is 2.17. The number of rotatable bonds is 3. The van der Waals surface area contributed by atoms with Crippen LogP contribution in [0.5, 0.6) is 0 Å². The van der Waals surface area contributed by atoms with Gasteiger partial charge < -0.3 is 5.11 Å². The highest BCUT2D eigenvalue weighted by Crippen LogP contribution is 2.25. The van der Waals surface area contributed by atoms with E-state index >= 15 is 0 Å². The van der Waals surface area contributed by atoms with E-state index in [1.165, 1.54) is 11.8 Å². The zero-order valence-corrected chi connectivity index (χ0v) is 11.3. The van der Waals surface area contributed by atoms with Gasteiger partial charge in [0.15, 0.2) is 0 Å². The highest BCUT2D eigenvalue weighted by molar-refractivity contribution is 8.13. The number of hydrogen-bond donors (Lipinski definition) is 2. The van der Waals surface area contributed by atoms with Crippen LogP contribution >= 0.6 is 11.8 Å². The van der Waals surface area contributed by atoms with E-state index in [0.29, 0.717) is 16.2 Å². The third-order valence-electron chi connectivity index (χ3n) is 2.70. The van der Waals surface area contributed by atoms with Gasteiger partial charge in [-0.1, -0.05) is 19.9 Å². The van der Waals surface area contributed by atoms with Crippen molar-refractivity contribution in [1.29, 1.82) is 5.41 Å². The lowest BCUT2D eigenvalue weighted by molar-refractivity contribution is 0.0695. The summed E-state index contributed by atoms with van der Waals surface area (Å²) >= 11 is 1.32. The molecule has 2 N–H and O–H groups in total. The fourth-order valence-electron chi connectivity index (χ4n) is 1.75. The van der Waals surface area contributed by atoms with Gasteiger partial charge in [0.25, 0.3) is 0 Å². The molecule has 0 spiro atoms. The molecule has 0 atom stereocenters. The fraction of sp³-hybridized carbons (Fsp3) is 0.385. The molecule has 3 nitrogen and oxygen atoms in total. The summed E-state index contributed by atoms with van der Waals surface area (Å²) in [6.45, 7) is 5.86. The number of carboxylic acid groups (broad SMARTS) is 1. The quantitative estimate of drug-likeness (QED) is 0.638. The van der Waals surface area contributed by atoms with Crippen LogP contribution in [0.2, 0.25) is 0 Å². The molecular formula is C13H17NO2S. The Labute approximate surface area is 106 Å². The van der Waals surface area contributed by atoms with Crippen LogP contribution in [0.15, 0.2) is 12.1 Å². The summed E-state index contributed by atoms with van der Waals surface area (Å²) < 4.78 is 0. The van der Waals surface area contributed by atoms with Gasteiger partial charge in [0, 0.05) is 5.56 Å². The summed E-state index contributed by atoms with van der Waals surface area (Å²) in [5.41, 5.74) is 2.80. The summed E-state index contributed by atoms with van der Waals surface area (Å²) in [6.07, 6.45) is 1.82. The predicted molar refractivity (Wildman–Crippen MR) is 72.6 cm³/mol. The van der Waals surface area contributed by atoms with Crippen LogP contribution < -0.4 is 0 Å². The molecule has 17 heavy (non-hydrogen) atoms. The van der Waals surface area contributed by atoms with Crippen molar-refractivity contribution in [2.75, 3.05) is 6.26 Å². The van der Waals surface area contributed by atoms with Gasteiger partial charge in [0.1, 0.15) is 0 Å². The Bertz CT molecular complexity index is 467. The molecule has 0 aliphatic carbocycles. The van der Waals surface area contributed by atoms with E-state index in [4.69, 9.17) is 5.41 Å². The fourth-order valence-corrected chi connectivity index (χ4v) is 2.19. The number of nitrogens with one attached hydrogen (secondary N) is 1. The van der Waals surface area contributed by atoms with E-state index < -0.39 is 5.97 Å². The van der Waals surface area contributed by atoms with Gasteiger partial charge in [0.05, 0.1) is 10.6 Å². The maximum Gasteiger partial charge on any atom is 0.335 e. The lowest BCUT2D eigenvalue weighted by Gasteiger charge is -2.14. The molecule has 92 valence electrons. The summed E-state index contributed by atoms with van der Waals surface area (Å²) in [7, 11) is 0. The standard InChI is InChI=1S/C13H17NO2S/c1-7(2)9-5-8(3)10(12(14)17-4)6-11(9)13(15)16/h5-7,14H,1-4H3,(H,15,16). The van der Waals surface area contributed by atoms with E-state index in [1.54, 1.807) is 6.07 Å². The van der Waals surface area contributed by atoms with Gasteiger partial charge in [-0.05, 0) is 36.3 Å². The van der Waals surface area contributed by atoms with Crippen LogP contribution in [0.3, 0.4) is 0 Å². The summed E-state index contributed by atoms with van der Waals surface area (Å²) in [5.74, 6) is -0.763. The minimum absolute atomic E-state index is 0.164. The van der Waals surface area contributed by atoms with Crippen molar-refractivity contribution in [2.45, 2.75) is 26.7 Å². The molecule has 0 saturated carbocycles. The largest absolute Gasteiger partial charge is 0.478 e. The lowest BCUT2D eigenvalue weighted by atomic mass is 9.92. The van der Waals surface area contributed by atoms with Crippen LogP contribution in [-0.4, -0.2) is 22.4 Å². The molecule has 0 bridgehead atoms. The molecule has 0 aromatic heterocycles. The van der Waals surface area contributed by atoms with Crippen molar-refractivity contribution in [3.63, 3.8) is 0 Å². The van der Waals surface area contributed by atoms with E-state index in [1.807, 2.05) is 33.1 Å². The first kappa shape index (κ1) is 13.8. The smallest absolute Gasteiger partial charge is 0.335 e. The number of benzene rings is 1. The summed E-state index contributed by atoms with van der Waals surface area (Å²) in [6, 6.07) is 3.50. The molecule has 0 unspecified atom stereocenters. The van der Waals surface area contributed by atoms with E-state index in [9.17, 15) is 9.90 Å². The summed E-state index contributed by atoms with van der Waals surface area (Å²) in [5, 5.41) is 17.4. The highest BCUT2D eigenvalue weighted by atomic mass is 32.2. The Hall–Kier alpha value is -1.29. The van der Waals surface area contributed by atoms with Gasteiger partial charge in [-0.3, -0.25) is 5.41 Å². The number of thioether (sulfide) groups is 1. The molecular weight excluding hydrogens is 234 g/mol.